The molecule has 3 aromatic rings. The molecule has 2 aromatic carbocycles. The van der Waals surface area contributed by atoms with Crippen molar-refractivity contribution in [2.45, 2.75) is 13.0 Å². The highest BCUT2D eigenvalue weighted by atomic mass is 32.1. The van der Waals surface area contributed by atoms with Crippen LogP contribution in [0, 0.1) is 0 Å². The van der Waals surface area contributed by atoms with Crippen LogP contribution in [0.5, 0.6) is 11.5 Å². The molecule has 0 atom stereocenters. The molecule has 0 N–H and O–H groups in total. The van der Waals surface area contributed by atoms with Crippen molar-refractivity contribution in [1.29, 1.82) is 0 Å². The fraction of sp³-hybridized carbons (Fsp3) is 0.238. The third kappa shape index (κ3) is 4.65. The first-order chi connectivity index (χ1) is 13.1. The number of carbonyl (C=O) groups excluding carboxylic acids is 1. The average molecular weight is 382 g/mol. The van der Waals surface area contributed by atoms with E-state index in [0.717, 1.165) is 27.6 Å². The van der Waals surface area contributed by atoms with E-state index in [9.17, 15) is 4.79 Å². The van der Waals surface area contributed by atoms with Crippen molar-refractivity contribution < 1.29 is 14.3 Å². The van der Waals surface area contributed by atoms with Crippen LogP contribution in [0.1, 0.15) is 11.3 Å². The van der Waals surface area contributed by atoms with Gasteiger partial charge in [-0.15, -0.1) is 11.3 Å². The summed E-state index contributed by atoms with van der Waals surface area (Å²) in [6, 6.07) is 15.6. The van der Waals surface area contributed by atoms with Crippen molar-refractivity contribution in [3.05, 3.63) is 65.2 Å². The van der Waals surface area contributed by atoms with Gasteiger partial charge in [0.15, 0.2) is 0 Å². The van der Waals surface area contributed by atoms with Crippen LogP contribution in [-0.4, -0.2) is 37.1 Å². The maximum atomic E-state index is 12.6. The number of thiazole rings is 1. The number of likely N-dealkylation sites (N-methyl/N-ethyl adjacent to an activating group) is 1. The molecule has 0 saturated heterocycles. The number of aromatic nitrogens is 1. The fourth-order valence-electron chi connectivity index (χ4n) is 2.72. The van der Waals surface area contributed by atoms with Gasteiger partial charge in [0.25, 0.3) is 0 Å². The predicted molar refractivity (Wildman–Crippen MR) is 107 cm³/mol. The number of methoxy groups -OCH3 is 2. The van der Waals surface area contributed by atoms with Gasteiger partial charge in [-0.1, -0.05) is 30.3 Å². The van der Waals surface area contributed by atoms with Gasteiger partial charge in [-0.05, 0) is 12.1 Å². The van der Waals surface area contributed by atoms with Gasteiger partial charge in [-0.25, -0.2) is 4.98 Å². The lowest BCUT2D eigenvalue weighted by atomic mass is 10.1. The Morgan fingerprint density at radius 2 is 1.89 bits per heavy atom. The Balaban J connectivity index is 1.65. The molecule has 0 unspecified atom stereocenters. The van der Waals surface area contributed by atoms with Crippen LogP contribution in [0.4, 0.5) is 0 Å². The van der Waals surface area contributed by atoms with Crippen molar-refractivity contribution in [2.24, 2.45) is 0 Å². The molecule has 0 bridgehead atoms. The van der Waals surface area contributed by atoms with Crippen LogP contribution in [0.3, 0.4) is 0 Å². The topological polar surface area (TPSA) is 51.7 Å². The van der Waals surface area contributed by atoms with E-state index in [0.29, 0.717) is 12.3 Å². The Morgan fingerprint density at radius 1 is 1.11 bits per heavy atom. The lowest BCUT2D eigenvalue weighted by Crippen LogP contribution is -2.28. The van der Waals surface area contributed by atoms with Gasteiger partial charge >= 0.3 is 0 Å². The largest absolute Gasteiger partial charge is 0.497 e. The zero-order chi connectivity index (χ0) is 19.2. The molecule has 5 nitrogen and oxygen atoms in total. The highest BCUT2D eigenvalue weighted by molar-refractivity contribution is 7.13. The summed E-state index contributed by atoms with van der Waals surface area (Å²) in [6.07, 6.45) is 0.276. The van der Waals surface area contributed by atoms with Gasteiger partial charge in [0, 0.05) is 36.2 Å². The highest BCUT2D eigenvalue weighted by Gasteiger charge is 2.15. The van der Waals surface area contributed by atoms with E-state index in [1.54, 1.807) is 37.5 Å². The molecular weight excluding hydrogens is 360 g/mol. The standard InChI is InChI=1S/C21H22N2O3S/c1-23(13-16-9-10-18(25-2)12-19(16)26-3)20(24)11-17-14-27-21(22-17)15-7-5-4-6-8-15/h4-10,12,14H,11,13H2,1-3H3. The van der Waals surface area contributed by atoms with Crippen LogP contribution >= 0.6 is 11.3 Å². The van der Waals surface area contributed by atoms with Gasteiger partial charge in [0.2, 0.25) is 5.91 Å². The second kappa shape index (κ2) is 8.68. The second-order valence-electron chi connectivity index (χ2n) is 6.11. The molecule has 0 aliphatic carbocycles. The second-order valence-corrected chi connectivity index (χ2v) is 6.97. The van der Waals surface area contributed by atoms with Crippen LogP contribution in [0.15, 0.2) is 53.9 Å². The zero-order valence-electron chi connectivity index (χ0n) is 15.6. The first-order valence-electron chi connectivity index (χ1n) is 8.55. The summed E-state index contributed by atoms with van der Waals surface area (Å²) in [4.78, 5) is 18.9. The van der Waals surface area contributed by atoms with Crippen molar-refractivity contribution in [2.75, 3.05) is 21.3 Å². The number of ether oxygens (including phenoxy) is 2. The smallest absolute Gasteiger partial charge is 0.228 e. The highest BCUT2D eigenvalue weighted by Crippen LogP contribution is 2.26. The molecule has 0 saturated carbocycles. The molecule has 0 fully saturated rings. The van der Waals surface area contributed by atoms with E-state index in [1.165, 1.54) is 0 Å². The number of carbonyl (C=O) groups is 1. The molecule has 3 rings (SSSR count). The van der Waals surface area contributed by atoms with Crippen molar-refractivity contribution in [1.82, 2.24) is 9.88 Å². The summed E-state index contributed by atoms with van der Waals surface area (Å²) >= 11 is 1.55. The molecule has 1 heterocycles. The molecule has 140 valence electrons. The van der Waals surface area contributed by atoms with Crippen molar-refractivity contribution >= 4 is 17.2 Å². The lowest BCUT2D eigenvalue weighted by Gasteiger charge is -2.19. The Bertz CT molecular complexity index is 909. The first-order valence-corrected chi connectivity index (χ1v) is 9.43. The van der Waals surface area contributed by atoms with Crippen LogP contribution in [0.2, 0.25) is 0 Å². The summed E-state index contributed by atoms with van der Waals surface area (Å²) in [5.41, 5.74) is 2.78. The number of hydrogen-bond donors (Lipinski definition) is 0. The molecule has 1 aromatic heterocycles. The van der Waals surface area contributed by atoms with Gasteiger partial charge < -0.3 is 14.4 Å². The van der Waals surface area contributed by atoms with Crippen LogP contribution in [-0.2, 0) is 17.8 Å². The molecule has 0 aliphatic heterocycles. The number of nitrogens with zero attached hydrogens (tertiary/aromatic N) is 2. The third-order valence-corrected chi connectivity index (χ3v) is 5.17. The minimum atomic E-state index is 0.0118. The fourth-order valence-corrected chi connectivity index (χ4v) is 3.54. The van der Waals surface area contributed by atoms with Gasteiger partial charge in [-0.2, -0.15) is 0 Å². The Hall–Kier alpha value is -2.86. The third-order valence-electron chi connectivity index (χ3n) is 4.23. The molecule has 0 spiro atoms. The molecule has 0 aliphatic rings. The van der Waals surface area contributed by atoms with Gasteiger partial charge in [-0.3, -0.25) is 4.79 Å². The summed E-state index contributed by atoms with van der Waals surface area (Å²) in [6.45, 7) is 0.460. The summed E-state index contributed by atoms with van der Waals surface area (Å²) in [5.74, 6) is 1.44. The van der Waals surface area contributed by atoms with E-state index in [1.807, 2.05) is 53.9 Å². The van der Waals surface area contributed by atoms with Crippen LogP contribution in [0.25, 0.3) is 10.6 Å². The molecule has 0 radical (unpaired) electrons. The first kappa shape index (κ1) is 18.9. The van der Waals surface area contributed by atoms with E-state index in [-0.39, 0.29) is 12.3 Å². The summed E-state index contributed by atoms with van der Waals surface area (Å²) in [7, 11) is 5.01. The Kier molecular flexibility index (Phi) is 6.08. The molecular formula is C21H22N2O3S. The maximum absolute atomic E-state index is 12.6. The number of rotatable bonds is 7. The van der Waals surface area contributed by atoms with E-state index in [2.05, 4.69) is 4.98 Å². The SMILES string of the molecule is COc1ccc(CN(C)C(=O)Cc2csc(-c3ccccc3)n2)c(OC)c1. The predicted octanol–water partition coefficient (Wildman–Crippen LogP) is 4.03. The number of benzene rings is 2. The van der Waals surface area contributed by atoms with Gasteiger partial charge in [0.1, 0.15) is 16.5 Å². The minimum absolute atomic E-state index is 0.0118. The monoisotopic (exact) mass is 382 g/mol. The molecule has 6 heteroatoms. The van der Waals surface area contributed by atoms with Gasteiger partial charge in [0.05, 0.1) is 26.3 Å². The van der Waals surface area contributed by atoms with Crippen LogP contribution < -0.4 is 9.47 Å². The Labute approximate surface area is 163 Å². The summed E-state index contributed by atoms with van der Waals surface area (Å²) in [5, 5.41) is 2.88. The minimum Gasteiger partial charge on any atom is -0.497 e. The number of amides is 1. The molecule has 27 heavy (non-hydrogen) atoms. The van der Waals surface area contributed by atoms with E-state index < -0.39 is 0 Å². The summed E-state index contributed by atoms with van der Waals surface area (Å²) < 4.78 is 10.6. The quantitative estimate of drug-likeness (QED) is 0.619. The Morgan fingerprint density at radius 3 is 2.59 bits per heavy atom. The van der Waals surface area contributed by atoms with E-state index >= 15 is 0 Å². The lowest BCUT2D eigenvalue weighted by molar-refractivity contribution is -0.129. The zero-order valence-corrected chi connectivity index (χ0v) is 16.5. The normalized spacial score (nSPS) is 10.5. The molecule has 1 amide bonds. The average Bonchev–Trinajstić information content (AvgIpc) is 3.17. The number of hydrogen-bond acceptors (Lipinski definition) is 5. The van der Waals surface area contributed by atoms with Crippen molar-refractivity contribution in [3.63, 3.8) is 0 Å². The maximum Gasteiger partial charge on any atom is 0.228 e. The van der Waals surface area contributed by atoms with E-state index in [4.69, 9.17) is 9.47 Å². The van der Waals surface area contributed by atoms with Crippen molar-refractivity contribution in [3.8, 4) is 22.1 Å².